The second-order valence-corrected chi connectivity index (χ2v) is 19.5. The van der Waals surface area contributed by atoms with Crippen LogP contribution in [0.4, 0.5) is 4.39 Å². The number of hydrogen-bond acceptors (Lipinski definition) is 4. The zero-order valence-corrected chi connectivity index (χ0v) is 40.6. The van der Waals surface area contributed by atoms with E-state index in [4.69, 9.17) is 14.5 Å². The number of hydrogen-bond donors (Lipinski definition) is 0. The van der Waals surface area contributed by atoms with Crippen LogP contribution in [0, 0.1) is 31.8 Å². The summed E-state index contributed by atoms with van der Waals surface area (Å²) in [5.74, 6) is 3.19. The first-order valence-electron chi connectivity index (χ1n) is 22.3. The predicted octanol–water partition coefficient (Wildman–Crippen LogP) is 12.9. The summed E-state index contributed by atoms with van der Waals surface area (Å²) in [7, 11) is 0. The Balaban J connectivity index is 0.000000273. The molecule has 0 unspecified atom stereocenters. The molecule has 0 fully saturated rings. The van der Waals surface area contributed by atoms with Crippen LogP contribution < -0.4 is 25.9 Å². The Morgan fingerprint density at radius 1 is 0.652 bits per heavy atom. The standard InChI is InChI=1S/C45H36BN2O2.C13H11FN.Ir/c1-44(2,3)27-18-20-37-32(24-27)46-33-25-28(45(4,5)6)19-21-38(33)50-40-23-26(22-39(49-37)42(40)46)29-13-11-14-31-41(29)30-12-7-9-16-35(30)48-36-17-10-8-15-34(36)47-43(31)48;1-9-7-13(15-8-10(9)2)11-3-5-12(14)6-4-11;/h7-13,15-25H,1-6H3;3,5-8H,1-2H3;/q2*-1;. The molecule has 7 aromatic carbocycles. The maximum Gasteiger partial charge on any atom is 0.260 e. The molecule has 5 heterocycles. The Kier molecular flexibility index (Phi) is 10.6. The SMILES string of the molecule is CC(C)(C)c1ccc2c(c1)B1c3cc(C(C)(C)C)ccc3Oc3cc(-c4cc[c-]c5c4c4ccccc4n4c6ccccc6nc54)cc(c31)O2.Cc1cnc(-c2[c-]cc(F)cc2)cc1C.[Ir]. The van der Waals surface area contributed by atoms with Crippen LogP contribution in [-0.2, 0) is 30.9 Å². The van der Waals surface area contributed by atoms with Crippen molar-refractivity contribution in [1.82, 2.24) is 14.4 Å². The smallest absolute Gasteiger partial charge is 0.260 e. The third-order valence-corrected chi connectivity index (χ3v) is 13.1. The van der Waals surface area contributed by atoms with E-state index in [1.807, 2.05) is 38.2 Å². The van der Waals surface area contributed by atoms with Gasteiger partial charge >= 0.3 is 0 Å². The molecule has 12 rings (SSSR count). The number of para-hydroxylation sites is 3. The van der Waals surface area contributed by atoms with Gasteiger partial charge in [0.15, 0.2) is 0 Å². The summed E-state index contributed by atoms with van der Waals surface area (Å²) in [5, 5.41) is 3.26. The van der Waals surface area contributed by atoms with E-state index < -0.39 is 0 Å². The Morgan fingerprint density at radius 2 is 1.29 bits per heavy atom. The topological polar surface area (TPSA) is 48.7 Å². The summed E-state index contributed by atoms with van der Waals surface area (Å²) in [6.45, 7) is 17.6. The van der Waals surface area contributed by atoms with Gasteiger partial charge in [-0.2, -0.15) is 0 Å². The van der Waals surface area contributed by atoms with Gasteiger partial charge in [0, 0.05) is 43.1 Å². The van der Waals surface area contributed by atoms with Gasteiger partial charge < -0.3 is 18.9 Å². The number of ether oxygens (including phenoxy) is 2. The van der Waals surface area contributed by atoms with Gasteiger partial charge in [-0.1, -0.05) is 124 Å². The van der Waals surface area contributed by atoms with Gasteiger partial charge in [0.25, 0.3) is 6.71 Å². The van der Waals surface area contributed by atoms with Crippen LogP contribution in [0.25, 0.3) is 60.7 Å². The molecular formula is C58H47BFIrN3O2-2. The van der Waals surface area contributed by atoms with E-state index in [2.05, 4.69) is 160 Å². The molecule has 2 aliphatic rings. The van der Waals surface area contributed by atoms with E-state index in [1.54, 1.807) is 6.07 Å². The summed E-state index contributed by atoms with van der Waals surface area (Å²) in [6, 6.07) is 51.9. The number of benzene rings is 7. The number of imidazole rings is 1. The Hall–Kier alpha value is -6.60. The predicted molar refractivity (Wildman–Crippen MR) is 265 cm³/mol. The van der Waals surface area contributed by atoms with Gasteiger partial charge in [0.2, 0.25) is 0 Å². The maximum absolute atomic E-state index is 12.7. The number of halogens is 1. The summed E-state index contributed by atoms with van der Waals surface area (Å²) < 4.78 is 28.7. The summed E-state index contributed by atoms with van der Waals surface area (Å²) in [5.41, 5.74) is 16.2. The molecule has 0 aliphatic carbocycles. The van der Waals surface area contributed by atoms with E-state index in [-0.39, 0.29) is 43.5 Å². The van der Waals surface area contributed by atoms with Crippen molar-refractivity contribution in [2.45, 2.75) is 66.2 Å². The van der Waals surface area contributed by atoms with Crippen molar-refractivity contribution in [3.8, 4) is 45.4 Å². The van der Waals surface area contributed by atoms with Gasteiger partial charge in [0.05, 0.1) is 16.7 Å². The molecule has 0 saturated carbocycles. The van der Waals surface area contributed by atoms with Crippen molar-refractivity contribution in [3.63, 3.8) is 0 Å². The molecule has 0 atom stereocenters. The zero-order chi connectivity index (χ0) is 44.9. The van der Waals surface area contributed by atoms with E-state index in [1.165, 1.54) is 39.7 Å². The molecule has 0 bridgehead atoms. The number of aryl methyl sites for hydroxylation is 2. The van der Waals surface area contributed by atoms with Crippen molar-refractivity contribution in [3.05, 3.63) is 180 Å². The molecule has 10 aromatic rings. The number of rotatable bonds is 2. The molecule has 66 heavy (non-hydrogen) atoms. The largest absolute Gasteiger partial charge is 0.458 e. The van der Waals surface area contributed by atoms with Gasteiger partial charge in [-0.25, -0.2) is 0 Å². The molecule has 3 aromatic heterocycles. The fraction of sp³-hybridized carbons (Fsp3) is 0.172. The number of pyridine rings is 2. The first kappa shape index (κ1) is 43.3. The van der Waals surface area contributed by atoms with Crippen LogP contribution in [0.1, 0.15) is 63.8 Å². The van der Waals surface area contributed by atoms with E-state index in [0.717, 1.165) is 94.8 Å². The van der Waals surface area contributed by atoms with Gasteiger partial charge in [0.1, 0.15) is 23.0 Å². The second-order valence-electron chi connectivity index (χ2n) is 19.5. The second kappa shape index (κ2) is 16.1. The van der Waals surface area contributed by atoms with E-state index >= 15 is 0 Å². The number of fused-ring (bicyclic) bond motifs is 12. The van der Waals surface area contributed by atoms with Gasteiger partial charge in [-0.05, 0) is 111 Å². The first-order valence-corrected chi connectivity index (χ1v) is 22.3. The quantitative estimate of drug-likeness (QED) is 0.0983. The fourth-order valence-electron chi connectivity index (χ4n) is 9.44. The van der Waals surface area contributed by atoms with Crippen LogP contribution in [0.3, 0.4) is 0 Å². The maximum atomic E-state index is 12.7. The van der Waals surface area contributed by atoms with Gasteiger partial charge in [-0.15, -0.1) is 48.0 Å². The Bertz CT molecular complexity index is 3480. The summed E-state index contributed by atoms with van der Waals surface area (Å²) in [6.07, 6.45) is 1.82. The van der Waals surface area contributed by atoms with E-state index in [9.17, 15) is 4.39 Å². The van der Waals surface area contributed by atoms with Crippen LogP contribution in [0.15, 0.2) is 140 Å². The van der Waals surface area contributed by atoms with Crippen molar-refractivity contribution in [2.24, 2.45) is 0 Å². The summed E-state index contributed by atoms with van der Waals surface area (Å²) in [4.78, 5) is 9.42. The zero-order valence-electron chi connectivity index (χ0n) is 38.2. The normalized spacial score (nSPS) is 12.7. The van der Waals surface area contributed by atoms with E-state index in [0.29, 0.717) is 0 Å². The molecular weight excluding hydrogens is 993 g/mol. The Morgan fingerprint density at radius 3 is 1.91 bits per heavy atom. The monoisotopic (exact) mass is 1040 g/mol. The Labute approximate surface area is 399 Å². The average Bonchev–Trinajstić information content (AvgIpc) is 3.69. The number of nitrogens with zero attached hydrogens (tertiary/aromatic N) is 3. The van der Waals surface area contributed by atoms with Crippen LogP contribution in [0.5, 0.6) is 23.0 Å². The van der Waals surface area contributed by atoms with Crippen molar-refractivity contribution in [1.29, 1.82) is 0 Å². The van der Waals surface area contributed by atoms with Crippen molar-refractivity contribution >= 4 is 61.5 Å². The van der Waals surface area contributed by atoms with Gasteiger partial charge in [-0.3, -0.25) is 9.37 Å². The minimum atomic E-state index is -0.275. The third-order valence-electron chi connectivity index (χ3n) is 13.1. The number of aromatic nitrogens is 3. The molecule has 327 valence electrons. The molecule has 1 radical (unpaired) electrons. The fourth-order valence-corrected chi connectivity index (χ4v) is 9.44. The molecule has 0 N–H and O–H groups in total. The average molecular weight is 1040 g/mol. The minimum Gasteiger partial charge on any atom is -0.458 e. The summed E-state index contributed by atoms with van der Waals surface area (Å²) >= 11 is 0. The van der Waals surface area contributed by atoms with Crippen LogP contribution in [-0.4, -0.2) is 21.1 Å². The first-order chi connectivity index (χ1) is 31.2. The molecule has 0 amide bonds. The van der Waals surface area contributed by atoms with Crippen molar-refractivity contribution < 1.29 is 34.0 Å². The molecule has 5 nitrogen and oxygen atoms in total. The molecule has 2 aliphatic heterocycles. The molecule has 0 saturated heterocycles. The molecule has 0 spiro atoms. The third kappa shape index (κ3) is 7.28. The molecule has 8 heteroatoms. The van der Waals surface area contributed by atoms with Crippen molar-refractivity contribution in [2.75, 3.05) is 0 Å². The minimum absolute atomic E-state index is 0. The van der Waals surface area contributed by atoms with Crippen LogP contribution in [0.2, 0.25) is 0 Å². The van der Waals surface area contributed by atoms with Crippen LogP contribution >= 0.6 is 0 Å².